The zero-order valence-electron chi connectivity index (χ0n) is 19.7. The lowest BCUT2D eigenvalue weighted by Gasteiger charge is -1.99. The molecule has 0 fully saturated rings. The average molecular weight is 469 g/mol. The number of ketones is 1. The number of benzene rings is 4. The number of rotatable bonds is 5. The Bertz CT molecular complexity index is 1880. The number of aromatic amines is 2. The van der Waals surface area contributed by atoms with Crippen LogP contribution in [-0.2, 0) is 4.79 Å². The fraction of sp³-hybridized carbons (Fsp3) is 0.0312. The van der Waals surface area contributed by atoms with Crippen molar-refractivity contribution in [3.8, 4) is 0 Å². The van der Waals surface area contributed by atoms with Crippen LogP contribution >= 0.6 is 0 Å². The molecule has 0 spiro atoms. The minimum Gasteiger partial charge on any atom is -0.508 e. The van der Waals surface area contributed by atoms with Crippen molar-refractivity contribution in [2.24, 2.45) is 0 Å². The zero-order valence-corrected chi connectivity index (χ0v) is 19.7. The summed E-state index contributed by atoms with van der Waals surface area (Å²) in [7, 11) is 0. The van der Waals surface area contributed by atoms with Gasteiger partial charge in [-0.1, -0.05) is 72.8 Å². The molecule has 2 heterocycles. The van der Waals surface area contributed by atoms with Crippen molar-refractivity contribution in [3.05, 3.63) is 120 Å². The first kappa shape index (κ1) is 21.7. The van der Waals surface area contributed by atoms with Crippen molar-refractivity contribution in [2.75, 3.05) is 0 Å². The fourth-order valence-corrected chi connectivity index (χ4v) is 4.68. The van der Waals surface area contributed by atoms with Gasteiger partial charge in [0.15, 0.2) is 5.78 Å². The molecule has 36 heavy (non-hydrogen) atoms. The highest BCUT2D eigenvalue weighted by Gasteiger charge is 2.08. The second-order valence-electron chi connectivity index (χ2n) is 8.99. The van der Waals surface area contributed by atoms with Crippen LogP contribution in [-0.4, -0.2) is 20.9 Å². The summed E-state index contributed by atoms with van der Waals surface area (Å²) in [5.41, 5.74) is 4.07. The molecule has 0 unspecified atom stereocenters. The molecule has 0 radical (unpaired) electrons. The molecule has 0 bridgehead atoms. The first-order chi connectivity index (χ1) is 17.6. The number of hydrogen-bond acceptors (Lipinski definition) is 2. The van der Waals surface area contributed by atoms with E-state index in [-0.39, 0.29) is 17.1 Å². The third-order valence-electron chi connectivity index (χ3n) is 6.67. The fourth-order valence-electron chi connectivity index (χ4n) is 4.68. The van der Waals surface area contributed by atoms with E-state index in [0.29, 0.717) is 0 Å². The molecule has 6 aromatic rings. The van der Waals surface area contributed by atoms with Crippen LogP contribution < -0.4 is 0 Å². The van der Waals surface area contributed by atoms with Gasteiger partial charge in [-0.3, -0.25) is 4.79 Å². The molecule has 6 rings (SSSR count). The van der Waals surface area contributed by atoms with Gasteiger partial charge in [0.05, 0.1) is 11.0 Å². The first-order valence-electron chi connectivity index (χ1n) is 11.9. The van der Waals surface area contributed by atoms with Gasteiger partial charge >= 0.3 is 0 Å². The number of aromatic nitrogens is 2. The van der Waals surface area contributed by atoms with Gasteiger partial charge in [-0.05, 0) is 54.1 Å². The van der Waals surface area contributed by atoms with Crippen LogP contribution in [0, 0.1) is 0 Å². The summed E-state index contributed by atoms with van der Waals surface area (Å²) in [6, 6.07) is 28.8. The van der Waals surface area contributed by atoms with Crippen LogP contribution in [0.15, 0.2) is 108 Å². The van der Waals surface area contributed by atoms with E-state index in [1.54, 1.807) is 25.2 Å². The maximum Gasteiger partial charge on any atom is 0.185 e. The van der Waals surface area contributed by atoms with Crippen LogP contribution in [0.2, 0.25) is 0 Å². The molecular weight excluding hydrogens is 444 g/mol. The lowest BCUT2D eigenvalue weighted by atomic mass is 10.1. The Balaban J connectivity index is 1.23. The lowest BCUT2D eigenvalue weighted by Crippen LogP contribution is -1.98. The predicted molar refractivity (Wildman–Crippen MR) is 150 cm³/mol. The van der Waals surface area contributed by atoms with Crippen LogP contribution in [0.1, 0.15) is 18.3 Å². The number of fused-ring (bicyclic) bond motifs is 6. The van der Waals surface area contributed by atoms with Gasteiger partial charge in [0, 0.05) is 38.5 Å². The molecule has 0 aliphatic heterocycles. The number of carbonyl (C=O) groups excluding carboxylic acids is 1. The van der Waals surface area contributed by atoms with Crippen molar-refractivity contribution >= 4 is 61.3 Å². The number of H-pyrrole nitrogens is 2. The molecule has 0 atom stereocenters. The number of allylic oxidation sites excluding steroid dienone is 3. The van der Waals surface area contributed by atoms with Gasteiger partial charge in [-0.2, -0.15) is 0 Å². The summed E-state index contributed by atoms with van der Waals surface area (Å²) >= 11 is 0. The van der Waals surface area contributed by atoms with E-state index in [1.807, 2.05) is 36.4 Å². The number of aliphatic hydroxyl groups is 1. The van der Waals surface area contributed by atoms with Gasteiger partial charge < -0.3 is 15.1 Å². The minimum atomic E-state index is -0.247. The maximum absolute atomic E-state index is 12.7. The number of carbonyl (C=O) groups is 1. The molecule has 174 valence electrons. The zero-order chi connectivity index (χ0) is 24.6. The molecular formula is C32H24N2O2. The molecule has 0 aliphatic carbocycles. The van der Waals surface area contributed by atoms with E-state index in [9.17, 15) is 9.90 Å². The smallest absolute Gasteiger partial charge is 0.185 e. The molecule has 0 saturated heterocycles. The highest BCUT2D eigenvalue weighted by atomic mass is 16.3. The summed E-state index contributed by atoms with van der Waals surface area (Å²) in [6.45, 7) is 1.63. The highest BCUT2D eigenvalue weighted by Crippen LogP contribution is 2.27. The quantitative estimate of drug-likeness (QED) is 0.136. The number of nitrogens with one attached hydrogen (secondary N) is 2. The number of aliphatic hydroxyl groups excluding tert-OH is 1. The van der Waals surface area contributed by atoms with Crippen LogP contribution in [0.3, 0.4) is 0 Å². The van der Waals surface area contributed by atoms with E-state index in [1.165, 1.54) is 11.5 Å². The Morgan fingerprint density at radius 2 is 1.14 bits per heavy atom. The van der Waals surface area contributed by atoms with Crippen molar-refractivity contribution in [3.63, 3.8) is 0 Å². The molecule has 4 heteroatoms. The SMILES string of the molecule is CC(C(=O)/C=C/c1cc2ccc3ccccc3c2[nH]1)=C(O)/C=C/c1cc2ccc3ccccc3c2[nH]1. The highest BCUT2D eigenvalue weighted by molar-refractivity contribution is 6.09. The Labute approximate surface area is 207 Å². The lowest BCUT2D eigenvalue weighted by molar-refractivity contribution is -0.111. The van der Waals surface area contributed by atoms with Crippen molar-refractivity contribution in [2.45, 2.75) is 6.92 Å². The first-order valence-corrected chi connectivity index (χ1v) is 11.9. The molecule has 4 nitrogen and oxygen atoms in total. The topological polar surface area (TPSA) is 68.9 Å². The van der Waals surface area contributed by atoms with E-state index in [0.717, 1.165) is 49.4 Å². The summed E-state index contributed by atoms with van der Waals surface area (Å²) in [5, 5.41) is 17.4. The minimum absolute atomic E-state index is 0.0594. The summed E-state index contributed by atoms with van der Waals surface area (Å²) < 4.78 is 0. The van der Waals surface area contributed by atoms with Gasteiger partial charge in [-0.25, -0.2) is 0 Å². The van der Waals surface area contributed by atoms with Crippen molar-refractivity contribution in [1.29, 1.82) is 0 Å². The second kappa shape index (κ2) is 8.75. The van der Waals surface area contributed by atoms with Gasteiger partial charge in [0.25, 0.3) is 0 Å². The summed E-state index contributed by atoms with van der Waals surface area (Å²) in [6.07, 6.45) is 6.58. The van der Waals surface area contributed by atoms with Crippen LogP contribution in [0.25, 0.3) is 55.5 Å². The monoisotopic (exact) mass is 468 g/mol. The Kier molecular flexibility index (Phi) is 5.27. The maximum atomic E-state index is 12.7. The second-order valence-corrected chi connectivity index (χ2v) is 8.99. The van der Waals surface area contributed by atoms with Gasteiger partial charge in [0.1, 0.15) is 5.76 Å². The largest absolute Gasteiger partial charge is 0.508 e. The third kappa shape index (κ3) is 3.89. The molecule has 0 aliphatic rings. The van der Waals surface area contributed by atoms with Gasteiger partial charge in [-0.15, -0.1) is 0 Å². The van der Waals surface area contributed by atoms with E-state index in [2.05, 4.69) is 58.5 Å². The van der Waals surface area contributed by atoms with Gasteiger partial charge in [0.2, 0.25) is 0 Å². The average Bonchev–Trinajstić information content (AvgIpc) is 3.54. The normalized spacial score (nSPS) is 13.0. The predicted octanol–water partition coefficient (Wildman–Crippen LogP) is 8.08. The molecule has 2 aromatic heterocycles. The van der Waals surface area contributed by atoms with E-state index in [4.69, 9.17) is 0 Å². The standard InChI is InChI=1S/C32H24N2O2/c1-20(29(35)16-14-25-18-23-12-10-21-6-2-4-8-27(21)31(23)33-25)30(36)17-15-26-19-24-13-11-22-7-3-5-9-28(22)32(24)34-26/h2-19,33-35H,1H3/b16-14+,17-15+,29-20?. The van der Waals surface area contributed by atoms with E-state index >= 15 is 0 Å². The summed E-state index contributed by atoms with van der Waals surface area (Å²) in [5.74, 6) is -0.306. The Hall–Kier alpha value is -4.83. The molecule has 0 saturated carbocycles. The Morgan fingerprint density at radius 3 is 1.69 bits per heavy atom. The summed E-state index contributed by atoms with van der Waals surface area (Å²) in [4.78, 5) is 19.5. The third-order valence-corrected chi connectivity index (χ3v) is 6.67. The molecule has 4 aromatic carbocycles. The molecule has 0 amide bonds. The van der Waals surface area contributed by atoms with Crippen molar-refractivity contribution in [1.82, 2.24) is 9.97 Å². The Morgan fingerprint density at radius 1 is 0.667 bits per heavy atom. The van der Waals surface area contributed by atoms with Crippen molar-refractivity contribution < 1.29 is 9.90 Å². The molecule has 3 N–H and O–H groups in total. The number of hydrogen-bond donors (Lipinski definition) is 3. The van der Waals surface area contributed by atoms with Crippen LogP contribution in [0.4, 0.5) is 0 Å². The van der Waals surface area contributed by atoms with Crippen LogP contribution in [0.5, 0.6) is 0 Å². The van der Waals surface area contributed by atoms with E-state index < -0.39 is 0 Å².